The Bertz CT molecular complexity index is 982. The number of amides is 2. The van der Waals surface area contributed by atoms with Crippen LogP contribution in [0.15, 0.2) is 36.4 Å². The Balaban J connectivity index is 1.71. The molecule has 4 rings (SSSR count). The van der Waals surface area contributed by atoms with Crippen LogP contribution in [0, 0.1) is 11.8 Å². The van der Waals surface area contributed by atoms with Crippen LogP contribution in [-0.2, 0) is 33.4 Å². The largest absolute Gasteiger partial charge is 0.478 e. The molecule has 1 N–H and O–H groups in total. The van der Waals surface area contributed by atoms with Crippen LogP contribution in [0.1, 0.15) is 24.2 Å². The average molecular weight is 415 g/mol. The Kier molecular flexibility index (Phi) is 4.46. The van der Waals surface area contributed by atoms with Gasteiger partial charge in [0.1, 0.15) is 0 Å². The fourth-order valence-electron chi connectivity index (χ4n) is 4.22. The first-order valence-corrected chi connectivity index (χ1v) is 9.08. The number of esters is 2. The fraction of sp³-hybridized carbons (Fsp3) is 0.350. The molecule has 10 nitrogen and oxygen atoms in total. The molecule has 156 valence electrons. The maximum Gasteiger partial charge on any atom is 0.335 e. The van der Waals surface area contributed by atoms with Crippen molar-refractivity contribution in [2.24, 2.45) is 11.8 Å². The molecule has 0 saturated carbocycles. The van der Waals surface area contributed by atoms with Gasteiger partial charge in [0.25, 0.3) is 6.29 Å². The van der Waals surface area contributed by atoms with Gasteiger partial charge >= 0.3 is 17.9 Å². The predicted octanol–water partition coefficient (Wildman–Crippen LogP) is 0.650. The van der Waals surface area contributed by atoms with E-state index in [-0.39, 0.29) is 11.3 Å². The number of aromatic carboxylic acids is 1. The highest BCUT2D eigenvalue weighted by molar-refractivity contribution is 6.23. The summed E-state index contributed by atoms with van der Waals surface area (Å²) in [5.41, 5.74) is -1.42. The topological polar surface area (TPSA) is 137 Å². The molecule has 0 spiro atoms. The Hall–Kier alpha value is -3.53. The Labute approximate surface area is 170 Å². The Morgan fingerprint density at radius 1 is 1.07 bits per heavy atom. The standard InChI is InChI=1S/C20H17NO9/c1-9(22)28-19(29-10(2)23)20-8-7-13(30-20)14-15(20)17(25)21(16(14)24)12-5-3-11(4-6-12)18(26)27/h3-8,13-15,19H,1-2H3,(H,26,27)/t13-,14+,15+,20-/m0/s1. The first-order chi connectivity index (χ1) is 14.2. The lowest BCUT2D eigenvalue weighted by molar-refractivity contribution is -0.226. The number of carbonyl (C=O) groups excluding carboxylic acids is 4. The molecule has 0 unspecified atom stereocenters. The summed E-state index contributed by atoms with van der Waals surface area (Å²) in [6, 6.07) is 5.29. The molecular weight excluding hydrogens is 398 g/mol. The van der Waals surface area contributed by atoms with Gasteiger partial charge in [-0.25, -0.2) is 9.69 Å². The minimum atomic E-state index is -1.63. The molecule has 2 fully saturated rings. The number of hydrogen-bond acceptors (Lipinski definition) is 8. The molecule has 4 atom stereocenters. The van der Waals surface area contributed by atoms with Gasteiger partial charge < -0.3 is 19.3 Å². The molecule has 30 heavy (non-hydrogen) atoms. The number of carboxylic acid groups (broad SMARTS) is 1. The van der Waals surface area contributed by atoms with Crippen LogP contribution in [0.4, 0.5) is 5.69 Å². The zero-order chi connectivity index (χ0) is 21.8. The van der Waals surface area contributed by atoms with Crippen LogP contribution in [0.3, 0.4) is 0 Å². The van der Waals surface area contributed by atoms with E-state index in [1.807, 2.05) is 0 Å². The van der Waals surface area contributed by atoms with Crippen LogP contribution < -0.4 is 4.90 Å². The van der Waals surface area contributed by atoms with Crippen molar-refractivity contribution in [3.8, 4) is 0 Å². The van der Waals surface area contributed by atoms with Gasteiger partial charge in [0, 0.05) is 13.8 Å². The van der Waals surface area contributed by atoms with Crippen molar-refractivity contribution in [3.05, 3.63) is 42.0 Å². The number of carboxylic acids is 1. The van der Waals surface area contributed by atoms with Crippen LogP contribution in [0.25, 0.3) is 0 Å². The molecule has 3 aliphatic heterocycles. The molecule has 0 aromatic heterocycles. The zero-order valence-corrected chi connectivity index (χ0v) is 15.9. The lowest BCUT2D eigenvalue weighted by Crippen LogP contribution is -2.52. The maximum absolute atomic E-state index is 13.3. The van der Waals surface area contributed by atoms with E-state index in [2.05, 4.69) is 0 Å². The molecule has 2 bridgehead atoms. The smallest absolute Gasteiger partial charge is 0.335 e. The van der Waals surface area contributed by atoms with E-state index >= 15 is 0 Å². The van der Waals surface area contributed by atoms with Gasteiger partial charge in [-0.1, -0.05) is 6.08 Å². The molecule has 2 saturated heterocycles. The highest BCUT2D eigenvalue weighted by atomic mass is 16.7. The summed E-state index contributed by atoms with van der Waals surface area (Å²) < 4.78 is 16.1. The number of nitrogens with zero attached hydrogens (tertiary/aromatic N) is 1. The number of hydrogen-bond donors (Lipinski definition) is 1. The van der Waals surface area contributed by atoms with E-state index in [0.717, 1.165) is 18.7 Å². The molecule has 0 aliphatic carbocycles. The summed E-state index contributed by atoms with van der Waals surface area (Å²) in [5.74, 6) is -5.77. The Morgan fingerprint density at radius 2 is 1.67 bits per heavy atom. The van der Waals surface area contributed by atoms with Crippen molar-refractivity contribution in [3.63, 3.8) is 0 Å². The van der Waals surface area contributed by atoms with E-state index in [1.54, 1.807) is 6.08 Å². The fourth-order valence-corrected chi connectivity index (χ4v) is 4.22. The third kappa shape index (κ3) is 2.79. The molecule has 1 aromatic carbocycles. The third-order valence-corrected chi connectivity index (χ3v) is 5.36. The van der Waals surface area contributed by atoms with Gasteiger partial charge in [0.05, 0.1) is 29.2 Å². The van der Waals surface area contributed by atoms with Crippen molar-refractivity contribution < 1.29 is 43.3 Å². The number of rotatable bonds is 5. The van der Waals surface area contributed by atoms with E-state index in [4.69, 9.17) is 19.3 Å². The molecule has 2 amide bonds. The van der Waals surface area contributed by atoms with E-state index < -0.39 is 59.6 Å². The predicted molar refractivity (Wildman–Crippen MR) is 96.9 cm³/mol. The third-order valence-electron chi connectivity index (χ3n) is 5.36. The molecule has 3 aliphatic rings. The minimum absolute atomic E-state index is 0.00404. The van der Waals surface area contributed by atoms with E-state index in [9.17, 15) is 24.0 Å². The quantitative estimate of drug-likeness (QED) is 0.318. The number of fused-ring (bicyclic) bond motifs is 5. The molecular formula is C20H17NO9. The number of carbonyl (C=O) groups is 5. The van der Waals surface area contributed by atoms with Crippen molar-refractivity contribution in [1.29, 1.82) is 0 Å². The van der Waals surface area contributed by atoms with Gasteiger partial charge in [-0.15, -0.1) is 0 Å². The van der Waals surface area contributed by atoms with Crippen molar-refractivity contribution in [2.45, 2.75) is 31.8 Å². The second kappa shape index (κ2) is 6.77. The lowest BCUT2D eigenvalue weighted by atomic mass is 9.76. The molecule has 0 radical (unpaired) electrons. The van der Waals surface area contributed by atoms with Crippen molar-refractivity contribution in [1.82, 2.24) is 0 Å². The van der Waals surface area contributed by atoms with Crippen LogP contribution >= 0.6 is 0 Å². The van der Waals surface area contributed by atoms with Crippen LogP contribution in [0.2, 0.25) is 0 Å². The first kappa shape index (κ1) is 19.8. The minimum Gasteiger partial charge on any atom is -0.478 e. The normalized spacial score (nSPS) is 28.8. The van der Waals surface area contributed by atoms with Crippen molar-refractivity contribution in [2.75, 3.05) is 4.90 Å². The van der Waals surface area contributed by atoms with Gasteiger partial charge in [-0.3, -0.25) is 19.2 Å². The summed E-state index contributed by atoms with van der Waals surface area (Å²) >= 11 is 0. The Morgan fingerprint density at radius 3 is 2.20 bits per heavy atom. The lowest BCUT2D eigenvalue weighted by Gasteiger charge is -2.34. The summed E-state index contributed by atoms with van der Waals surface area (Å²) in [5, 5.41) is 9.04. The van der Waals surface area contributed by atoms with E-state index in [1.165, 1.54) is 30.3 Å². The molecule has 10 heteroatoms. The van der Waals surface area contributed by atoms with Gasteiger partial charge in [0.2, 0.25) is 11.8 Å². The zero-order valence-electron chi connectivity index (χ0n) is 15.9. The number of anilines is 1. The van der Waals surface area contributed by atoms with Gasteiger partial charge in [-0.2, -0.15) is 0 Å². The second-order valence-corrected chi connectivity index (χ2v) is 7.21. The first-order valence-electron chi connectivity index (χ1n) is 9.08. The van der Waals surface area contributed by atoms with Crippen molar-refractivity contribution >= 4 is 35.4 Å². The van der Waals surface area contributed by atoms with Crippen LogP contribution in [-0.4, -0.2) is 52.8 Å². The summed E-state index contributed by atoms with van der Waals surface area (Å²) in [4.78, 5) is 61.5. The van der Waals surface area contributed by atoms with Gasteiger partial charge in [-0.05, 0) is 30.3 Å². The highest BCUT2D eigenvalue weighted by Crippen LogP contribution is 2.54. The molecule has 1 aromatic rings. The average Bonchev–Trinajstić information content (AvgIpc) is 3.32. The van der Waals surface area contributed by atoms with E-state index in [0.29, 0.717) is 0 Å². The monoisotopic (exact) mass is 415 g/mol. The van der Waals surface area contributed by atoms with Crippen LogP contribution in [0.5, 0.6) is 0 Å². The number of imide groups is 1. The maximum atomic E-state index is 13.3. The SMILES string of the molecule is CC(=O)OC(OC(C)=O)[C@@]12C=C[C@H](O1)[C@H]1C(=O)N(c3ccc(C(=O)O)cc3)C(=O)[C@@H]12. The van der Waals surface area contributed by atoms with Gasteiger partial charge in [0.15, 0.2) is 5.60 Å². The second-order valence-electron chi connectivity index (χ2n) is 7.21. The summed E-state index contributed by atoms with van der Waals surface area (Å²) in [6.45, 7) is 2.24. The number of benzene rings is 1. The highest BCUT2D eigenvalue weighted by Gasteiger charge is 2.72. The molecule has 3 heterocycles. The number of ether oxygens (including phenoxy) is 3. The summed E-state index contributed by atoms with van der Waals surface area (Å²) in [7, 11) is 0. The summed E-state index contributed by atoms with van der Waals surface area (Å²) in [6.07, 6.45) is 0.749.